The van der Waals surface area contributed by atoms with Crippen molar-refractivity contribution in [3.8, 4) is 0 Å². The third-order valence-electron chi connectivity index (χ3n) is 3.60. The molecule has 2 heterocycles. The smallest absolute Gasteiger partial charge is 0.111 e. The van der Waals surface area contributed by atoms with Crippen molar-refractivity contribution in [2.24, 2.45) is 7.05 Å². The first-order valence-electron chi connectivity index (χ1n) is 6.14. The summed E-state index contributed by atoms with van der Waals surface area (Å²) in [6, 6.07) is 2.17. The molecule has 1 saturated heterocycles. The molecule has 4 heteroatoms. The van der Waals surface area contributed by atoms with E-state index in [2.05, 4.69) is 16.9 Å². The summed E-state index contributed by atoms with van der Waals surface area (Å²) in [4.78, 5) is 2.38. The lowest BCUT2D eigenvalue weighted by atomic mass is 9.95. The van der Waals surface area contributed by atoms with E-state index < -0.39 is 6.10 Å². The fourth-order valence-electron chi connectivity index (χ4n) is 2.64. The number of piperidine rings is 1. The molecule has 2 unspecified atom stereocenters. The molecule has 0 radical (unpaired) electrons. The van der Waals surface area contributed by atoms with E-state index in [0.717, 1.165) is 25.2 Å². The summed E-state index contributed by atoms with van der Waals surface area (Å²) in [6.07, 6.45) is 4.89. The van der Waals surface area contributed by atoms with Crippen LogP contribution in [-0.4, -0.2) is 38.9 Å². The van der Waals surface area contributed by atoms with Crippen molar-refractivity contribution in [1.82, 2.24) is 14.7 Å². The maximum atomic E-state index is 10.4. The van der Waals surface area contributed by atoms with Gasteiger partial charge in [-0.2, -0.15) is 5.10 Å². The molecule has 1 aliphatic rings. The molecule has 0 amide bonds. The molecule has 16 heavy (non-hydrogen) atoms. The Morgan fingerprint density at radius 1 is 1.56 bits per heavy atom. The third-order valence-corrected chi connectivity index (χ3v) is 3.60. The summed E-state index contributed by atoms with van der Waals surface area (Å²) in [5.74, 6) is 0. The molecule has 1 aromatic rings. The summed E-state index contributed by atoms with van der Waals surface area (Å²) >= 11 is 0. The van der Waals surface area contributed by atoms with Crippen LogP contribution in [0.25, 0.3) is 0 Å². The van der Waals surface area contributed by atoms with Gasteiger partial charge in [0.15, 0.2) is 0 Å². The first-order chi connectivity index (χ1) is 7.74. The van der Waals surface area contributed by atoms with Gasteiger partial charge in [-0.1, -0.05) is 13.3 Å². The standard InChI is InChI=1S/C12H21N3O/c1-3-15-9-5-4-6-11(15)12(16)10-7-8-13-14(10)2/h7-8,11-12,16H,3-6,9H2,1-2H3. The molecule has 4 nitrogen and oxygen atoms in total. The summed E-state index contributed by atoms with van der Waals surface area (Å²) in [6.45, 7) is 4.28. The van der Waals surface area contributed by atoms with Crippen molar-refractivity contribution in [3.63, 3.8) is 0 Å². The Morgan fingerprint density at radius 3 is 3.00 bits per heavy atom. The molecule has 1 aliphatic heterocycles. The number of aryl methyl sites for hydroxylation is 1. The van der Waals surface area contributed by atoms with Crippen molar-refractivity contribution < 1.29 is 5.11 Å². The summed E-state index contributed by atoms with van der Waals surface area (Å²) in [5, 5.41) is 14.5. The lowest BCUT2D eigenvalue weighted by Gasteiger charge is -2.37. The van der Waals surface area contributed by atoms with Gasteiger partial charge in [0, 0.05) is 19.3 Å². The summed E-state index contributed by atoms with van der Waals surface area (Å²) in [5.41, 5.74) is 0.922. The highest BCUT2D eigenvalue weighted by molar-refractivity contribution is 5.07. The molecule has 0 aromatic carbocycles. The van der Waals surface area contributed by atoms with Crippen molar-refractivity contribution >= 4 is 0 Å². The predicted octanol–water partition coefficient (Wildman–Crippen LogP) is 1.33. The molecular weight excluding hydrogens is 202 g/mol. The van der Waals surface area contributed by atoms with E-state index in [4.69, 9.17) is 0 Å². The maximum absolute atomic E-state index is 10.4. The molecule has 90 valence electrons. The van der Waals surface area contributed by atoms with E-state index in [9.17, 15) is 5.11 Å². The molecule has 0 aliphatic carbocycles. The second-order valence-electron chi connectivity index (χ2n) is 4.52. The number of hydrogen-bond donors (Lipinski definition) is 1. The fraction of sp³-hybridized carbons (Fsp3) is 0.750. The van der Waals surface area contributed by atoms with E-state index >= 15 is 0 Å². The van der Waals surface area contributed by atoms with Crippen LogP contribution in [0.2, 0.25) is 0 Å². The average Bonchev–Trinajstić information content (AvgIpc) is 2.74. The molecule has 0 saturated carbocycles. The topological polar surface area (TPSA) is 41.3 Å². The number of rotatable bonds is 3. The van der Waals surface area contributed by atoms with Crippen molar-refractivity contribution in [1.29, 1.82) is 0 Å². The Hall–Kier alpha value is -0.870. The third kappa shape index (κ3) is 2.13. The number of aliphatic hydroxyl groups is 1. The van der Waals surface area contributed by atoms with Crippen LogP contribution in [0.15, 0.2) is 12.3 Å². The lowest BCUT2D eigenvalue weighted by Crippen LogP contribution is -2.43. The quantitative estimate of drug-likeness (QED) is 0.840. The first kappa shape index (κ1) is 11.6. The van der Waals surface area contributed by atoms with Crippen LogP contribution in [-0.2, 0) is 7.05 Å². The second-order valence-corrected chi connectivity index (χ2v) is 4.52. The Balaban J connectivity index is 2.13. The Kier molecular flexibility index (Phi) is 3.61. The highest BCUT2D eigenvalue weighted by atomic mass is 16.3. The summed E-state index contributed by atoms with van der Waals surface area (Å²) in [7, 11) is 1.89. The Bertz CT molecular complexity index is 337. The molecule has 1 aromatic heterocycles. The van der Waals surface area contributed by atoms with E-state index in [1.165, 1.54) is 12.8 Å². The van der Waals surface area contributed by atoms with Crippen LogP contribution in [0.4, 0.5) is 0 Å². The van der Waals surface area contributed by atoms with Crippen LogP contribution in [0.3, 0.4) is 0 Å². The summed E-state index contributed by atoms with van der Waals surface area (Å²) < 4.78 is 1.77. The van der Waals surface area contributed by atoms with E-state index in [1.54, 1.807) is 10.9 Å². The van der Waals surface area contributed by atoms with Gasteiger partial charge in [-0.3, -0.25) is 9.58 Å². The van der Waals surface area contributed by atoms with E-state index in [-0.39, 0.29) is 6.04 Å². The maximum Gasteiger partial charge on any atom is 0.111 e. The number of aliphatic hydroxyl groups excluding tert-OH is 1. The van der Waals surface area contributed by atoms with Gasteiger partial charge in [0.05, 0.1) is 5.69 Å². The number of likely N-dealkylation sites (N-methyl/N-ethyl adjacent to an activating group) is 1. The SMILES string of the molecule is CCN1CCCCC1C(O)c1ccnn1C. The molecule has 0 spiro atoms. The highest BCUT2D eigenvalue weighted by Crippen LogP contribution is 2.27. The second kappa shape index (κ2) is 4.97. The highest BCUT2D eigenvalue weighted by Gasteiger charge is 2.29. The van der Waals surface area contributed by atoms with Crippen LogP contribution >= 0.6 is 0 Å². The zero-order valence-corrected chi connectivity index (χ0v) is 10.1. The predicted molar refractivity (Wildman–Crippen MR) is 63.1 cm³/mol. The van der Waals surface area contributed by atoms with Crippen LogP contribution < -0.4 is 0 Å². The van der Waals surface area contributed by atoms with Gasteiger partial charge in [0.1, 0.15) is 6.10 Å². The average molecular weight is 223 g/mol. The Labute approximate surface area is 96.9 Å². The zero-order valence-electron chi connectivity index (χ0n) is 10.1. The van der Waals surface area contributed by atoms with Crippen LogP contribution in [0.1, 0.15) is 38.0 Å². The molecule has 2 atom stereocenters. The molecule has 2 rings (SSSR count). The minimum Gasteiger partial charge on any atom is -0.385 e. The minimum absolute atomic E-state index is 0.258. The van der Waals surface area contributed by atoms with Gasteiger partial charge in [-0.05, 0) is 32.0 Å². The van der Waals surface area contributed by atoms with Crippen LogP contribution in [0, 0.1) is 0 Å². The molecule has 1 fully saturated rings. The van der Waals surface area contributed by atoms with Crippen molar-refractivity contribution in [2.75, 3.05) is 13.1 Å². The van der Waals surface area contributed by atoms with Crippen molar-refractivity contribution in [3.05, 3.63) is 18.0 Å². The normalized spacial score (nSPS) is 24.6. The van der Waals surface area contributed by atoms with Gasteiger partial charge in [0.2, 0.25) is 0 Å². The fourth-order valence-corrected chi connectivity index (χ4v) is 2.64. The number of hydrogen-bond acceptors (Lipinski definition) is 3. The van der Waals surface area contributed by atoms with Gasteiger partial charge in [-0.15, -0.1) is 0 Å². The van der Waals surface area contributed by atoms with E-state index in [0.29, 0.717) is 0 Å². The number of likely N-dealkylation sites (tertiary alicyclic amines) is 1. The van der Waals surface area contributed by atoms with E-state index in [1.807, 2.05) is 13.1 Å². The molecule has 0 bridgehead atoms. The molecule has 1 N–H and O–H groups in total. The minimum atomic E-state index is -0.409. The Morgan fingerprint density at radius 2 is 2.38 bits per heavy atom. The van der Waals surface area contributed by atoms with Gasteiger partial charge < -0.3 is 5.11 Å². The zero-order chi connectivity index (χ0) is 11.5. The van der Waals surface area contributed by atoms with Gasteiger partial charge >= 0.3 is 0 Å². The molecular formula is C12H21N3O. The monoisotopic (exact) mass is 223 g/mol. The lowest BCUT2D eigenvalue weighted by molar-refractivity contribution is 0.0235. The van der Waals surface area contributed by atoms with Crippen LogP contribution in [0.5, 0.6) is 0 Å². The number of nitrogens with zero attached hydrogens (tertiary/aromatic N) is 3. The van der Waals surface area contributed by atoms with Gasteiger partial charge in [0.25, 0.3) is 0 Å². The number of aromatic nitrogens is 2. The van der Waals surface area contributed by atoms with Crippen molar-refractivity contribution in [2.45, 2.75) is 38.3 Å². The largest absolute Gasteiger partial charge is 0.385 e. The van der Waals surface area contributed by atoms with Gasteiger partial charge in [-0.25, -0.2) is 0 Å². The first-order valence-corrected chi connectivity index (χ1v) is 6.14.